The average molecular weight is 694 g/mol. The van der Waals surface area contributed by atoms with Gasteiger partial charge in [-0.05, 0) is 64.0 Å². The first-order chi connectivity index (χ1) is 23.7. The van der Waals surface area contributed by atoms with Gasteiger partial charge >= 0.3 is 12.1 Å². The monoisotopic (exact) mass is 693 g/mol. The van der Waals surface area contributed by atoms with E-state index in [2.05, 4.69) is 10.6 Å². The summed E-state index contributed by atoms with van der Waals surface area (Å²) in [6.45, 7) is 4.99. The molecule has 14 nitrogen and oxygen atoms in total. The van der Waals surface area contributed by atoms with E-state index < -0.39 is 71.6 Å². The zero-order valence-corrected chi connectivity index (χ0v) is 28.8. The number of likely N-dealkylation sites (tertiary alicyclic amines) is 2. The molecule has 5 amide bonds. The summed E-state index contributed by atoms with van der Waals surface area (Å²) >= 11 is 0. The third-order valence-electron chi connectivity index (χ3n) is 8.59. The molecule has 4 rings (SSSR count). The highest BCUT2D eigenvalue weighted by Crippen LogP contribution is 2.32. The molecule has 2 aromatic rings. The quantitative estimate of drug-likeness (QED) is 0.227. The number of carbonyl (C=O) groups excluding carboxylic acids is 6. The Bertz CT molecular complexity index is 1530. The van der Waals surface area contributed by atoms with Crippen LogP contribution >= 0.6 is 0 Å². The first-order valence-electron chi connectivity index (χ1n) is 16.9. The van der Waals surface area contributed by atoms with Crippen LogP contribution in [-0.2, 0) is 46.5 Å². The third-order valence-corrected chi connectivity index (χ3v) is 8.59. The lowest BCUT2D eigenvalue weighted by molar-refractivity contribution is -0.200. The molecule has 0 aliphatic carbocycles. The van der Waals surface area contributed by atoms with Crippen molar-refractivity contribution in [1.29, 1.82) is 0 Å². The number of hydrogen-bond acceptors (Lipinski definition) is 9. The molecule has 14 heteroatoms. The lowest BCUT2D eigenvalue weighted by Crippen LogP contribution is -2.65. The molecule has 0 bridgehead atoms. The molecule has 4 atom stereocenters. The topological polar surface area (TPSA) is 198 Å². The Hall–Kier alpha value is -4.98. The van der Waals surface area contributed by atoms with Gasteiger partial charge in [0.2, 0.25) is 23.6 Å². The van der Waals surface area contributed by atoms with Crippen molar-refractivity contribution in [3.63, 3.8) is 0 Å². The number of rotatable bonds is 13. The number of hydrogen-bond donors (Lipinski definition) is 4. The molecule has 270 valence electrons. The summed E-state index contributed by atoms with van der Waals surface area (Å²) in [4.78, 5) is 81.2. The van der Waals surface area contributed by atoms with Crippen molar-refractivity contribution in [3.8, 4) is 0 Å². The van der Waals surface area contributed by atoms with Gasteiger partial charge in [-0.15, -0.1) is 0 Å². The summed E-state index contributed by atoms with van der Waals surface area (Å²) in [5.41, 5.74) is 3.62. The van der Waals surface area contributed by atoms with Crippen molar-refractivity contribution in [2.24, 2.45) is 5.73 Å². The van der Waals surface area contributed by atoms with Crippen molar-refractivity contribution < 1.29 is 43.3 Å². The van der Waals surface area contributed by atoms with Gasteiger partial charge in [0.15, 0.2) is 0 Å². The fourth-order valence-electron chi connectivity index (χ4n) is 6.15. The van der Waals surface area contributed by atoms with E-state index in [1.54, 1.807) is 32.9 Å². The lowest BCUT2D eigenvalue weighted by atomic mass is 10.0. The van der Waals surface area contributed by atoms with Gasteiger partial charge in [0, 0.05) is 19.5 Å². The van der Waals surface area contributed by atoms with Crippen molar-refractivity contribution >= 4 is 35.7 Å². The van der Waals surface area contributed by atoms with Crippen molar-refractivity contribution in [3.05, 3.63) is 71.8 Å². The summed E-state index contributed by atoms with van der Waals surface area (Å²) in [6, 6.07) is 14.8. The van der Waals surface area contributed by atoms with Crippen LogP contribution in [0.2, 0.25) is 0 Å². The highest BCUT2D eigenvalue weighted by molar-refractivity contribution is 5.95. The van der Waals surface area contributed by atoms with Gasteiger partial charge in [0.25, 0.3) is 5.72 Å². The number of ether oxygens (including phenoxy) is 2. The Balaban J connectivity index is 1.45. The molecule has 5 N–H and O–H groups in total. The van der Waals surface area contributed by atoms with E-state index in [0.29, 0.717) is 25.7 Å². The van der Waals surface area contributed by atoms with Crippen LogP contribution in [0.15, 0.2) is 60.7 Å². The van der Waals surface area contributed by atoms with Crippen LogP contribution in [0.3, 0.4) is 0 Å². The number of esters is 1. The summed E-state index contributed by atoms with van der Waals surface area (Å²) < 4.78 is 10.9. The van der Waals surface area contributed by atoms with E-state index in [-0.39, 0.29) is 32.5 Å². The van der Waals surface area contributed by atoms with Gasteiger partial charge in [-0.2, -0.15) is 0 Å². The van der Waals surface area contributed by atoms with Gasteiger partial charge in [0.05, 0.1) is 12.5 Å². The third kappa shape index (κ3) is 9.80. The zero-order valence-electron chi connectivity index (χ0n) is 28.8. The summed E-state index contributed by atoms with van der Waals surface area (Å²) in [5.74, 6) is -4.16. The molecular formula is C36H47N5O9. The van der Waals surface area contributed by atoms with Crippen LogP contribution in [0.1, 0.15) is 70.4 Å². The van der Waals surface area contributed by atoms with Crippen molar-refractivity contribution in [2.75, 3.05) is 13.1 Å². The van der Waals surface area contributed by atoms with Crippen LogP contribution in [0, 0.1) is 0 Å². The number of amides is 5. The Kier molecular flexibility index (Phi) is 12.6. The second-order valence-electron chi connectivity index (χ2n) is 13.6. The fraction of sp³-hybridized carbons (Fsp3) is 0.500. The number of nitrogens with two attached hydrogens (primary N) is 1. The van der Waals surface area contributed by atoms with Crippen LogP contribution < -0.4 is 16.4 Å². The zero-order chi connectivity index (χ0) is 36.5. The average Bonchev–Trinajstić information content (AvgIpc) is 3.69. The number of carbonyl (C=O) groups is 6. The normalized spacial score (nSPS) is 20.9. The highest BCUT2D eigenvalue weighted by Gasteiger charge is 2.58. The lowest BCUT2D eigenvalue weighted by Gasteiger charge is -2.37. The van der Waals surface area contributed by atoms with E-state index >= 15 is 0 Å². The van der Waals surface area contributed by atoms with Crippen LogP contribution in [0.4, 0.5) is 4.79 Å². The Morgan fingerprint density at radius 2 is 1.60 bits per heavy atom. The molecule has 0 aromatic heterocycles. The number of nitrogens with zero attached hydrogens (tertiary/aromatic N) is 2. The number of aryl methyl sites for hydroxylation is 1. The minimum Gasteiger partial charge on any atom is -0.456 e. The summed E-state index contributed by atoms with van der Waals surface area (Å²) in [7, 11) is 0. The maximum Gasteiger partial charge on any atom is 0.410 e. The molecule has 0 unspecified atom stereocenters. The molecule has 2 aromatic carbocycles. The van der Waals surface area contributed by atoms with Gasteiger partial charge in [0.1, 0.15) is 24.3 Å². The van der Waals surface area contributed by atoms with E-state index in [0.717, 1.165) is 16.0 Å². The first-order valence-corrected chi connectivity index (χ1v) is 16.9. The van der Waals surface area contributed by atoms with E-state index in [9.17, 15) is 33.9 Å². The molecule has 50 heavy (non-hydrogen) atoms. The minimum atomic E-state index is -2.57. The molecule has 0 radical (unpaired) electrons. The molecule has 2 aliphatic rings. The SMILES string of the molecule is CC(C)(C)OC(=O)[C@@]1(O)[C@@H](NC(=O)[C@H](CC(N)=O)NC(=O)[C@@H]2CCCN2C(=O)OCc2ccccc2)CCN1C(=O)CCCc1ccccc1. The second kappa shape index (κ2) is 16.6. The number of benzene rings is 2. The standard InChI is InChI=1S/C36H47N5O9/c1-35(2,3)50-33(46)36(48)28(19-21-41(36)30(43)18-10-16-24-12-6-4-7-13-24)39-31(44)26(22-29(37)42)38-32(45)27-17-11-20-40(27)34(47)49-23-25-14-8-5-9-15-25/h4-9,12-15,26-28,48H,10-11,16-23H2,1-3H3,(H2,37,42)(H,38,45)(H,39,44)/t26-,27-,28-,36-/m0/s1. The van der Waals surface area contributed by atoms with Gasteiger partial charge in [-0.25, -0.2) is 9.59 Å². The van der Waals surface area contributed by atoms with Crippen LogP contribution in [-0.4, -0.2) is 93.1 Å². The summed E-state index contributed by atoms with van der Waals surface area (Å²) in [6.07, 6.45) is 0.533. The Labute approximate surface area is 291 Å². The maximum atomic E-state index is 13.7. The van der Waals surface area contributed by atoms with Crippen LogP contribution in [0.25, 0.3) is 0 Å². The predicted molar refractivity (Wildman–Crippen MR) is 181 cm³/mol. The highest BCUT2D eigenvalue weighted by atomic mass is 16.6. The van der Waals surface area contributed by atoms with E-state index in [4.69, 9.17) is 15.2 Å². The molecular weight excluding hydrogens is 646 g/mol. The van der Waals surface area contributed by atoms with Gasteiger partial charge in [-0.3, -0.25) is 24.1 Å². The van der Waals surface area contributed by atoms with Crippen LogP contribution in [0.5, 0.6) is 0 Å². The number of primary amides is 1. The molecule has 0 saturated carbocycles. The fourth-order valence-corrected chi connectivity index (χ4v) is 6.15. The molecule has 2 aliphatic heterocycles. The largest absolute Gasteiger partial charge is 0.456 e. The van der Waals surface area contributed by atoms with Gasteiger partial charge in [-0.1, -0.05) is 60.7 Å². The summed E-state index contributed by atoms with van der Waals surface area (Å²) in [5, 5.41) is 17.0. The molecule has 2 saturated heterocycles. The smallest absolute Gasteiger partial charge is 0.410 e. The number of aliphatic hydroxyl groups is 1. The van der Waals surface area contributed by atoms with Crippen molar-refractivity contribution in [2.45, 2.75) is 102 Å². The predicted octanol–water partition coefficient (Wildman–Crippen LogP) is 1.92. The maximum absolute atomic E-state index is 13.7. The second-order valence-corrected chi connectivity index (χ2v) is 13.6. The first kappa shape index (κ1) is 37.8. The minimum absolute atomic E-state index is 0.00567. The Morgan fingerprint density at radius 3 is 2.22 bits per heavy atom. The van der Waals surface area contributed by atoms with Gasteiger partial charge < -0.3 is 35.8 Å². The van der Waals surface area contributed by atoms with Crippen molar-refractivity contribution in [1.82, 2.24) is 20.4 Å². The molecule has 2 fully saturated rings. The Morgan fingerprint density at radius 1 is 0.960 bits per heavy atom. The van der Waals surface area contributed by atoms with E-state index in [1.807, 2.05) is 48.5 Å². The molecule has 2 heterocycles. The van der Waals surface area contributed by atoms with E-state index in [1.165, 1.54) is 4.90 Å². The number of nitrogens with one attached hydrogen (secondary N) is 2. The molecule has 0 spiro atoms.